The zero-order valence-corrected chi connectivity index (χ0v) is 13.8. The van der Waals surface area contributed by atoms with Gasteiger partial charge in [0.25, 0.3) is 9.05 Å². The molecule has 8 heteroatoms. The molecule has 0 amide bonds. The number of aryl methyl sites for hydroxylation is 1. The number of sulfone groups is 1. The molecule has 1 rings (SSSR count). The van der Waals surface area contributed by atoms with E-state index in [2.05, 4.69) is 0 Å². The van der Waals surface area contributed by atoms with Crippen LogP contribution in [0, 0.1) is 6.92 Å². The molecule has 0 aliphatic carbocycles. The molecular weight excluding hydrogens is 324 g/mol. The monoisotopic (exact) mass is 340 g/mol. The van der Waals surface area contributed by atoms with Crippen LogP contribution in [0.1, 0.15) is 19.4 Å². The van der Waals surface area contributed by atoms with E-state index in [0.717, 1.165) is 0 Å². The molecule has 1 aromatic carbocycles. The summed E-state index contributed by atoms with van der Waals surface area (Å²) in [6, 6.07) is 4.30. The van der Waals surface area contributed by atoms with Crippen molar-refractivity contribution in [2.75, 3.05) is 12.4 Å². The molecule has 0 atom stereocenters. The van der Waals surface area contributed by atoms with Crippen molar-refractivity contribution in [3.05, 3.63) is 23.8 Å². The van der Waals surface area contributed by atoms with Gasteiger partial charge in [-0.1, -0.05) is 0 Å². The fourth-order valence-electron chi connectivity index (χ4n) is 1.50. The first kappa shape index (κ1) is 17.3. The van der Waals surface area contributed by atoms with E-state index in [1.165, 1.54) is 18.2 Å². The molecule has 5 nitrogen and oxygen atoms in total. The lowest BCUT2D eigenvalue weighted by Gasteiger charge is -2.10. The summed E-state index contributed by atoms with van der Waals surface area (Å²) < 4.78 is 51.0. The van der Waals surface area contributed by atoms with Gasteiger partial charge in [-0.25, -0.2) is 16.8 Å². The first-order valence-electron chi connectivity index (χ1n) is 5.94. The fraction of sp³-hybridized carbons (Fsp3) is 0.500. The van der Waals surface area contributed by atoms with Gasteiger partial charge in [0.05, 0.1) is 15.9 Å². The molecule has 0 heterocycles. The summed E-state index contributed by atoms with van der Waals surface area (Å²) in [4.78, 5) is 0.0151. The number of halogens is 1. The highest BCUT2D eigenvalue weighted by molar-refractivity contribution is 8.13. The summed E-state index contributed by atoms with van der Waals surface area (Å²) in [5, 5.41) is -0.448. The van der Waals surface area contributed by atoms with Crippen LogP contribution in [0.25, 0.3) is 0 Å². The molecular formula is C12H17ClO5S2. The van der Waals surface area contributed by atoms with Crippen molar-refractivity contribution in [2.24, 2.45) is 0 Å². The molecule has 0 fully saturated rings. The molecule has 114 valence electrons. The van der Waals surface area contributed by atoms with E-state index in [-0.39, 0.29) is 17.3 Å². The maximum absolute atomic E-state index is 11.6. The van der Waals surface area contributed by atoms with Crippen LogP contribution in [0.4, 0.5) is 0 Å². The summed E-state index contributed by atoms with van der Waals surface area (Å²) in [5.74, 6) is 0.324. The van der Waals surface area contributed by atoms with Gasteiger partial charge in [-0.3, -0.25) is 0 Å². The van der Waals surface area contributed by atoms with Crippen molar-refractivity contribution in [3.8, 4) is 5.75 Å². The van der Waals surface area contributed by atoms with Gasteiger partial charge in [0.1, 0.15) is 12.4 Å². The second kappa shape index (κ2) is 6.32. The Morgan fingerprint density at radius 1 is 1.20 bits per heavy atom. The van der Waals surface area contributed by atoms with Gasteiger partial charge < -0.3 is 4.74 Å². The predicted octanol–water partition coefficient (Wildman–Crippen LogP) is 2.12. The third-order valence-electron chi connectivity index (χ3n) is 2.76. The number of ether oxygens (including phenoxy) is 1. The zero-order valence-electron chi connectivity index (χ0n) is 11.5. The van der Waals surface area contributed by atoms with Crippen LogP contribution in [0.2, 0.25) is 0 Å². The maximum Gasteiger partial charge on any atom is 0.261 e. The predicted molar refractivity (Wildman–Crippen MR) is 78.6 cm³/mol. The van der Waals surface area contributed by atoms with Crippen LogP contribution in [-0.4, -0.2) is 34.4 Å². The molecule has 0 saturated heterocycles. The fourth-order valence-corrected chi connectivity index (χ4v) is 3.48. The van der Waals surface area contributed by atoms with Crippen molar-refractivity contribution in [3.63, 3.8) is 0 Å². The van der Waals surface area contributed by atoms with Crippen molar-refractivity contribution in [1.29, 1.82) is 0 Å². The third-order valence-corrected chi connectivity index (χ3v) is 6.42. The molecule has 0 aromatic heterocycles. The Labute approximate surface area is 124 Å². The van der Waals surface area contributed by atoms with E-state index in [1.807, 2.05) is 0 Å². The largest absolute Gasteiger partial charge is 0.493 e. The first-order chi connectivity index (χ1) is 9.04. The molecule has 20 heavy (non-hydrogen) atoms. The Morgan fingerprint density at radius 2 is 1.80 bits per heavy atom. The van der Waals surface area contributed by atoms with E-state index in [0.29, 0.717) is 11.3 Å². The van der Waals surface area contributed by atoms with Crippen molar-refractivity contribution in [1.82, 2.24) is 0 Å². The second-order valence-corrected chi connectivity index (χ2v) is 9.84. The average Bonchev–Trinajstić information content (AvgIpc) is 2.26. The number of rotatable bonds is 6. The van der Waals surface area contributed by atoms with Crippen LogP contribution in [0.3, 0.4) is 0 Å². The van der Waals surface area contributed by atoms with Crippen LogP contribution < -0.4 is 4.74 Å². The summed E-state index contributed by atoms with van der Waals surface area (Å²) in [5.41, 5.74) is 0.448. The van der Waals surface area contributed by atoms with E-state index >= 15 is 0 Å². The first-order valence-corrected chi connectivity index (χ1v) is 9.96. The normalized spacial score (nSPS) is 12.7. The smallest absolute Gasteiger partial charge is 0.261 e. The molecule has 0 bridgehead atoms. The topological polar surface area (TPSA) is 77.5 Å². The van der Waals surface area contributed by atoms with Gasteiger partial charge in [0.15, 0.2) is 9.84 Å². The highest BCUT2D eigenvalue weighted by Gasteiger charge is 2.17. The molecule has 0 unspecified atom stereocenters. The molecule has 1 aromatic rings. The van der Waals surface area contributed by atoms with Crippen LogP contribution in [-0.2, 0) is 18.9 Å². The molecule has 0 saturated carbocycles. The SMILES string of the molecule is Cc1cc(OCCS(=O)(=O)C(C)C)ccc1S(=O)(=O)Cl. The average molecular weight is 341 g/mol. The lowest BCUT2D eigenvalue weighted by atomic mass is 10.2. The number of hydrogen-bond donors (Lipinski definition) is 0. The molecule has 0 radical (unpaired) electrons. The van der Waals surface area contributed by atoms with Crippen molar-refractivity contribution in [2.45, 2.75) is 30.9 Å². The van der Waals surface area contributed by atoms with Gasteiger partial charge in [-0.15, -0.1) is 0 Å². The third kappa shape index (κ3) is 4.64. The molecule has 0 spiro atoms. The second-order valence-electron chi connectivity index (χ2n) is 4.63. The standard InChI is InChI=1S/C12H17ClO5S2/c1-9(2)19(14,15)7-6-18-11-4-5-12(10(3)8-11)20(13,16)17/h4-5,8-9H,6-7H2,1-3H3. The van der Waals surface area contributed by atoms with Crippen LogP contribution in [0.5, 0.6) is 5.75 Å². The van der Waals surface area contributed by atoms with E-state index in [9.17, 15) is 16.8 Å². The minimum atomic E-state index is -3.78. The highest BCUT2D eigenvalue weighted by Crippen LogP contribution is 2.23. The Hall–Kier alpha value is -0.790. The lowest BCUT2D eigenvalue weighted by molar-refractivity contribution is 0.340. The quantitative estimate of drug-likeness (QED) is 0.741. The van der Waals surface area contributed by atoms with Gasteiger partial charge in [0, 0.05) is 10.7 Å². The van der Waals surface area contributed by atoms with E-state index < -0.39 is 24.1 Å². The van der Waals surface area contributed by atoms with Gasteiger partial charge in [-0.2, -0.15) is 0 Å². The molecule has 0 aliphatic rings. The zero-order chi connectivity index (χ0) is 15.6. The Bertz CT molecular complexity index is 678. The Kier molecular flexibility index (Phi) is 5.46. The van der Waals surface area contributed by atoms with Gasteiger partial charge in [0.2, 0.25) is 0 Å². The highest BCUT2D eigenvalue weighted by atomic mass is 35.7. The van der Waals surface area contributed by atoms with Crippen molar-refractivity contribution < 1.29 is 21.6 Å². The Balaban J connectivity index is 2.75. The maximum atomic E-state index is 11.6. The van der Waals surface area contributed by atoms with Crippen LogP contribution in [0.15, 0.2) is 23.1 Å². The Morgan fingerprint density at radius 3 is 2.25 bits per heavy atom. The lowest BCUT2D eigenvalue weighted by Crippen LogP contribution is -2.22. The number of hydrogen-bond acceptors (Lipinski definition) is 5. The number of benzene rings is 1. The van der Waals surface area contributed by atoms with E-state index in [4.69, 9.17) is 15.4 Å². The molecule has 0 aliphatic heterocycles. The van der Waals surface area contributed by atoms with Gasteiger partial charge in [-0.05, 0) is 44.5 Å². The van der Waals surface area contributed by atoms with Crippen molar-refractivity contribution >= 4 is 29.6 Å². The summed E-state index contributed by atoms with van der Waals surface area (Å²) in [7, 11) is -1.67. The minimum Gasteiger partial charge on any atom is -0.493 e. The van der Waals surface area contributed by atoms with E-state index in [1.54, 1.807) is 20.8 Å². The molecule has 0 N–H and O–H groups in total. The summed E-state index contributed by atoms with van der Waals surface area (Å²) >= 11 is 0. The summed E-state index contributed by atoms with van der Waals surface area (Å²) in [6.45, 7) is 4.83. The summed E-state index contributed by atoms with van der Waals surface area (Å²) in [6.07, 6.45) is 0. The minimum absolute atomic E-state index is 0.0151. The van der Waals surface area contributed by atoms with Crippen LogP contribution >= 0.6 is 10.7 Å². The van der Waals surface area contributed by atoms with Gasteiger partial charge >= 0.3 is 0 Å².